The van der Waals surface area contributed by atoms with Crippen molar-refractivity contribution >= 4 is 44.1 Å². The summed E-state index contributed by atoms with van der Waals surface area (Å²) in [6.07, 6.45) is 0. The molecule has 0 amide bonds. The summed E-state index contributed by atoms with van der Waals surface area (Å²) in [5.74, 6) is 1.65. The third-order valence-corrected chi connectivity index (χ3v) is 5.32. The smallest absolute Gasteiger partial charge is 0.376 e. The van der Waals surface area contributed by atoms with Crippen LogP contribution in [0.4, 0.5) is 0 Å². The van der Waals surface area contributed by atoms with E-state index in [1.165, 1.54) is 0 Å². The maximum absolute atomic E-state index is 5.37. The van der Waals surface area contributed by atoms with Crippen molar-refractivity contribution in [3.63, 3.8) is 0 Å². The number of hydrogen-bond donors (Lipinski definition) is 0. The standard InChI is InChI=1S/C22H20N4O2/c1-25-19-7-5-15(27-3)9-13(19)11-17-21(25)23-18-12-14-10-16(28-4)6-8-20(14)26(2)22(18)24-17/h5-12H,1-4H3/q+2. The van der Waals surface area contributed by atoms with Gasteiger partial charge in [-0.1, -0.05) is 0 Å². The molecule has 3 aromatic heterocycles. The summed E-state index contributed by atoms with van der Waals surface area (Å²) in [6, 6.07) is 16.2. The van der Waals surface area contributed by atoms with E-state index < -0.39 is 0 Å². The highest BCUT2D eigenvalue weighted by Gasteiger charge is 2.24. The third-order valence-electron chi connectivity index (χ3n) is 5.32. The van der Waals surface area contributed by atoms with Crippen LogP contribution in [0, 0.1) is 0 Å². The fourth-order valence-corrected chi connectivity index (χ4v) is 3.81. The molecule has 5 rings (SSSR count). The van der Waals surface area contributed by atoms with Gasteiger partial charge in [-0.15, -0.1) is 0 Å². The minimum atomic E-state index is 0.825. The van der Waals surface area contributed by atoms with Crippen molar-refractivity contribution in [1.29, 1.82) is 0 Å². The number of methoxy groups -OCH3 is 2. The molecule has 0 aliphatic rings. The lowest BCUT2D eigenvalue weighted by atomic mass is 10.1. The van der Waals surface area contributed by atoms with E-state index in [-0.39, 0.29) is 0 Å². The zero-order chi connectivity index (χ0) is 19.4. The third kappa shape index (κ3) is 2.34. The van der Waals surface area contributed by atoms with Gasteiger partial charge in [-0.2, -0.15) is 0 Å². The first-order valence-electron chi connectivity index (χ1n) is 9.04. The fraction of sp³-hybridized carbons (Fsp3) is 0.182. The van der Waals surface area contributed by atoms with Gasteiger partial charge in [0, 0.05) is 22.9 Å². The molecule has 0 N–H and O–H groups in total. The maximum atomic E-state index is 5.37. The first-order chi connectivity index (χ1) is 13.6. The van der Waals surface area contributed by atoms with Crippen LogP contribution >= 0.6 is 0 Å². The van der Waals surface area contributed by atoms with Crippen molar-refractivity contribution in [3.8, 4) is 11.5 Å². The quantitative estimate of drug-likeness (QED) is 0.353. The lowest BCUT2D eigenvalue weighted by Crippen LogP contribution is -2.34. The molecule has 3 heterocycles. The molecule has 5 aromatic rings. The Balaban J connectivity index is 1.89. The van der Waals surface area contributed by atoms with Gasteiger partial charge < -0.3 is 9.47 Å². The molecule has 0 fully saturated rings. The lowest BCUT2D eigenvalue weighted by molar-refractivity contribution is -0.622. The average molecular weight is 372 g/mol. The van der Waals surface area contributed by atoms with Crippen LogP contribution < -0.4 is 18.6 Å². The summed E-state index contributed by atoms with van der Waals surface area (Å²) in [4.78, 5) is 9.89. The molecule has 6 heteroatoms. The van der Waals surface area contributed by atoms with Gasteiger partial charge in [0.05, 0.1) is 28.3 Å². The Morgan fingerprint density at radius 3 is 1.46 bits per heavy atom. The molecule has 0 aliphatic carbocycles. The molecule has 138 valence electrons. The molecule has 0 spiro atoms. The molecule has 0 saturated carbocycles. The van der Waals surface area contributed by atoms with Crippen LogP contribution in [-0.2, 0) is 14.1 Å². The second-order valence-corrected chi connectivity index (χ2v) is 6.90. The first kappa shape index (κ1) is 16.6. The average Bonchev–Trinajstić information content (AvgIpc) is 2.72. The van der Waals surface area contributed by atoms with Gasteiger partial charge in [-0.05, 0) is 46.4 Å². The van der Waals surface area contributed by atoms with Crippen LogP contribution in [0.15, 0.2) is 48.5 Å². The van der Waals surface area contributed by atoms with E-state index in [1.54, 1.807) is 14.2 Å². The van der Waals surface area contributed by atoms with Crippen molar-refractivity contribution in [2.24, 2.45) is 14.1 Å². The minimum Gasteiger partial charge on any atom is -0.497 e. The van der Waals surface area contributed by atoms with Crippen molar-refractivity contribution in [2.45, 2.75) is 0 Å². The number of hydrogen-bond acceptors (Lipinski definition) is 4. The van der Waals surface area contributed by atoms with Gasteiger partial charge in [0.2, 0.25) is 0 Å². The topological polar surface area (TPSA) is 52.0 Å². The van der Waals surface area contributed by atoms with E-state index in [2.05, 4.69) is 21.3 Å². The Morgan fingerprint density at radius 2 is 1.07 bits per heavy atom. The largest absolute Gasteiger partial charge is 0.497 e. The van der Waals surface area contributed by atoms with E-state index in [0.717, 1.165) is 55.6 Å². The van der Waals surface area contributed by atoms with E-state index >= 15 is 0 Å². The molecule has 0 aliphatic heterocycles. The second-order valence-electron chi connectivity index (χ2n) is 6.90. The molecule has 2 aromatic carbocycles. The van der Waals surface area contributed by atoms with Gasteiger partial charge in [0.15, 0.2) is 0 Å². The second kappa shape index (κ2) is 5.99. The minimum absolute atomic E-state index is 0.825. The van der Waals surface area contributed by atoms with Gasteiger partial charge in [-0.25, -0.2) is 9.13 Å². The Labute approximate surface area is 161 Å². The highest BCUT2D eigenvalue weighted by atomic mass is 16.5. The van der Waals surface area contributed by atoms with Gasteiger partial charge >= 0.3 is 11.3 Å². The SMILES string of the molecule is COc1ccc2c(c1)cc1nc3c(cc4cc(OC)ccc4[n+]3C)nc1[n+]2C. The monoisotopic (exact) mass is 372 g/mol. The summed E-state index contributed by atoms with van der Waals surface area (Å²) >= 11 is 0. The van der Waals surface area contributed by atoms with E-state index in [0.29, 0.717) is 0 Å². The number of aromatic nitrogens is 4. The van der Waals surface area contributed by atoms with Crippen molar-refractivity contribution < 1.29 is 18.6 Å². The van der Waals surface area contributed by atoms with Crippen LogP contribution in [0.3, 0.4) is 0 Å². The van der Waals surface area contributed by atoms with Gasteiger partial charge in [-0.3, -0.25) is 0 Å². The van der Waals surface area contributed by atoms with Crippen LogP contribution in [0.1, 0.15) is 0 Å². The predicted molar refractivity (Wildman–Crippen MR) is 108 cm³/mol. The molecule has 0 saturated heterocycles. The molecular formula is C22H20N4O2+2. The number of aryl methyl sites for hydroxylation is 2. The van der Waals surface area contributed by atoms with Crippen LogP contribution in [-0.4, -0.2) is 24.2 Å². The number of benzene rings is 2. The summed E-state index contributed by atoms with van der Waals surface area (Å²) in [7, 11) is 7.38. The highest BCUT2D eigenvalue weighted by molar-refractivity contribution is 5.91. The predicted octanol–water partition coefficient (Wildman–Crippen LogP) is 2.76. The van der Waals surface area contributed by atoms with Crippen LogP contribution in [0.2, 0.25) is 0 Å². The fourth-order valence-electron chi connectivity index (χ4n) is 3.81. The van der Waals surface area contributed by atoms with E-state index in [4.69, 9.17) is 19.4 Å². The first-order valence-corrected chi connectivity index (χ1v) is 9.04. The molecular weight excluding hydrogens is 352 g/mol. The van der Waals surface area contributed by atoms with E-state index in [9.17, 15) is 0 Å². The van der Waals surface area contributed by atoms with Crippen molar-refractivity contribution in [3.05, 3.63) is 48.5 Å². The zero-order valence-corrected chi connectivity index (χ0v) is 16.2. The van der Waals surface area contributed by atoms with Crippen molar-refractivity contribution in [2.75, 3.05) is 14.2 Å². The summed E-state index contributed by atoms with van der Waals surface area (Å²) in [5.41, 5.74) is 5.53. The number of rotatable bonds is 2. The highest BCUT2D eigenvalue weighted by Crippen LogP contribution is 2.24. The molecule has 0 bridgehead atoms. The van der Waals surface area contributed by atoms with Crippen LogP contribution in [0.25, 0.3) is 44.1 Å². The Hall–Kier alpha value is -3.54. The molecule has 0 atom stereocenters. The number of pyridine rings is 2. The maximum Gasteiger partial charge on any atom is 0.376 e. The number of fused-ring (bicyclic) bond motifs is 4. The normalized spacial score (nSPS) is 11.6. The van der Waals surface area contributed by atoms with Gasteiger partial charge in [0.1, 0.15) is 22.5 Å². The summed E-state index contributed by atoms with van der Waals surface area (Å²) < 4.78 is 14.9. The van der Waals surface area contributed by atoms with E-state index in [1.807, 2.05) is 50.5 Å². The summed E-state index contributed by atoms with van der Waals surface area (Å²) in [5, 5.41) is 2.13. The molecule has 28 heavy (non-hydrogen) atoms. The number of nitrogens with zero attached hydrogens (tertiary/aromatic N) is 4. The Kier molecular flexibility index (Phi) is 3.55. The Morgan fingerprint density at radius 1 is 0.643 bits per heavy atom. The number of ether oxygens (including phenoxy) is 2. The zero-order valence-electron chi connectivity index (χ0n) is 16.2. The lowest BCUT2D eigenvalue weighted by Gasteiger charge is -2.05. The van der Waals surface area contributed by atoms with Gasteiger partial charge in [0.25, 0.3) is 11.0 Å². The Bertz CT molecular complexity index is 1300. The summed E-state index contributed by atoms with van der Waals surface area (Å²) in [6.45, 7) is 0. The van der Waals surface area contributed by atoms with Crippen molar-refractivity contribution in [1.82, 2.24) is 9.97 Å². The molecule has 6 nitrogen and oxygen atoms in total. The molecule has 0 unspecified atom stereocenters. The molecule has 0 radical (unpaired) electrons. The van der Waals surface area contributed by atoms with Crippen LogP contribution in [0.5, 0.6) is 11.5 Å².